The number of hydrogen-bond acceptors (Lipinski definition) is 1. The van der Waals surface area contributed by atoms with Crippen LogP contribution in [0.1, 0.15) is 30.5 Å². The molecule has 2 aromatic rings. The van der Waals surface area contributed by atoms with Crippen LogP contribution in [0.3, 0.4) is 0 Å². The van der Waals surface area contributed by atoms with E-state index in [2.05, 4.69) is 68.6 Å². The largest absolute Gasteiger partial charge is 0.316 e. The lowest BCUT2D eigenvalue weighted by molar-refractivity contribution is 0.647. The summed E-state index contributed by atoms with van der Waals surface area (Å²) < 4.78 is 0. The van der Waals surface area contributed by atoms with E-state index >= 15 is 0 Å². The maximum atomic E-state index is 3.26. The number of rotatable bonds is 5. The average Bonchev–Trinajstić information content (AvgIpc) is 2.40. The van der Waals surface area contributed by atoms with Crippen molar-refractivity contribution >= 4 is 0 Å². The van der Waals surface area contributed by atoms with Crippen molar-refractivity contribution in [2.24, 2.45) is 5.92 Å². The third-order valence-electron chi connectivity index (χ3n) is 3.54. The summed E-state index contributed by atoms with van der Waals surface area (Å²) in [6.45, 7) is 7.58. The topological polar surface area (TPSA) is 12.0 Å². The molecule has 0 saturated carbocycles. The van der Waals surface area contributed by atoms with Gasteiger partial charge >= 0.3 is 0 Å². The number of hydrogen-bond donors (Lipinski definition) is 1. The molecular weight excluding hydrogens is 242 g/mol. The fourth-order valence-corrected chi connectivity index (χ4v) is 2.63. The van der Waals surface area contributed by atoms with Crippen LogP contribution >= 0.6 is 0 Å². The van der Waals surface area contributed by atoms with Gasteiger partial charge in [-0.2, -0.15) is 0 Å². The molecule has 0 bridgehead atoms. The molecule has 0 spiro atoms. The lowest BCUT2D eigenvalue weighted by Crippen LogP contribution is -2.06. The van der Waals surface area contributed by atoms with E-state index in [9.17, 15) is 0 Å². The van der Waals surface area contributed by atoms with E-state index in [0.29, 0.717) is 5.92 Å². The number of aryl methyl sites for hydroxylation is 1. The second kappa shape index (κ2) is 6.71. The molecule has 0 unspecified atom stereocenters. The minimum atomic E-state index is 0.708. The molecule has 0 aromatic heterocycles. The molecule has 0 radical (unpaired) electrons. The van der Waals surface area contributed by atoms with Gasteiger partial charge < -0.3 is 5.32 Å². The van der Waals surface area contributed by atoms with Crippen LogP contribution in [0.5, 0.6) is 0 Å². The van der Waals surface area contributed by atoms with Gasteiger partial charge in [0.1, 0.15) is 0 Å². The summed E-state index contributed by atoms with van der Waals surface area (Å²) in [4.78, 5) is 0. The quantitative estimate of drug-likeness (QED) is 0.836. The molecule has 0 atom stereocenters. The molecular formula is C19H25N. The van der Waals surface area contributed by atoms with Crippen molar-refractivity contribution in [2.75, 3.05) is 7.05 Å². The van der Waals surface area contributed by atoms with Gasteiger partial charge in [-0.15, -0.1) is 0 Å². The van der Waals surface area contributed by atoms with E-state index in [1.165, 1.54) is 27.8 Å². The van der Waals surface area contributed by atoms with Gasteiger partial charge in [0.25, 0.3) is 0 Å². The van der Waals surface area contributed by atoms with Crippen molar-refractivity contribution in [3.63, 3.8) is 0 Å². The van der Waals surface area contributed by atoms with E-state index in [-0.39, 0.29) is 0 Å². The first-order chi connectivity index (χ1) is 9.60. The van der Waals surface area contributed by atoms with Crippen LogP contribution in [0.4, 0.5) is 0 Å². The summed E-state index contributed by atoms with van der Waals surface area (Å²) in [5.74, 6) is 0.708. The zero-order valence-corrected chi connectivity index (χ0v) is 13.0. The van der Waals surface area contributed by atoms with Crippen LogP contribution in [0.2, 0.25) is 0 Å². The van der Waals surface area contributed by atoms with Gasteiger partial charge in [0, 0.05) is 6.54 Å². The fourth-order valence-electron chi connectivity index (χ4n) is 2.63. The Bertz CT molecular complexity index is 552. The van der Waals surface area contributed by atoms with Crippen LogP contribution in [0.15, 0.2) is 42.5 Å². The van der Waals surface area contributed by atoms with Gasteiger partial charge in [-0.05, 0) is 48.6 Å². The van der Waals surface area contributed by atoms with E-state index in [1.807, 2.05) is 7.05 Å². The molecule has 20 heavy (non-hydrogen) atoms. The van der Waals surface area contributed by atoms with Crippen molar-refractivity contribution in [1.29, 1.82) is 0 Å². The van der Waals surface area contributed by atoms with Crippen LogP contribution in [-0.4, -0.2) is 7.05 Å². The summed E-state index contributed by atoms with van der Waals surface area (Å²) in [6.07, 6.45) is 1.15. The highest BCUT2D eigenvalue weighted by Gasteiger charge is 2.05. The van der Waals surface area contributed by atoms with Gasteiger partial charge in [-0.3, -0.25) is 0 Å². The Morgan fingerprint density at radius 2 is 1.70 bits per heavy atom. The van der Waals surface area contributed by atoms with Crippen LogP contribution in [0.25, 0.3) is 11.1 Å². The normalized spacial score (nSPS) is 11.1. The zero-order chi connectivity index (χ0) is 14.5. The predicted octanol–water partition coefficient (Wildman–Crippen LogP) is 4.58. The van der Waals surface area contributed by atoms with E-state index in [0.717, 1.165) is 13.0 Å². The smallest absolute Gasteiger partial charge is 0.0208 e. The van der Waals surface area contributed by atoms with Gasteiger partial charge in [0.15, 0.2) is 0 Å². The zero-order valence-electron chi connectivity index (χ0n) is 13.0. The minimum Gasteiger partial charge on any atom is -0.316 e. The highest BCUT2D eigenvalue weighted by Crippen LogP contribution is 2.25. The molecule has 0 fully saturated rings. The first kappa shape index (κ1) is 14.8. The molecule has 1 nitrogen and oxygen atoms in total. The Hall–Kier alpha value is -1.60. The maximum absolute atomic E-state index is 3.26. The molecule has 1 heteroatoms. The summed E-state index contributed by atoms with van der Waals surface area (Å²) in [6, 6.07) is 15.7. The highest BCUT2D eigenvalue weighted by atomic mass is 14.8. The first-order valence-electron chi connectivity index (χ1n) is 7.43. The summed E-state index contributed by atoms with van der Waals surface area (Å²) in [5.41, 5.74) is 6.74. The third kappa shape index (κ3) is 3.71. The molecule has 106 valence electrons. The van der Waals surface area contributed by atoms with Gasteiger partial charge in [0.05, 0.1) is 0 Å². The molecule has 2 aromatic carbocycles. The van der Waals surface area contributed by atoms with Gasteiger partial charge in [-0.1, -0.05) is 61.9 Å². The van der Waals surface area contributed by atoms with Gasteiger partial charge in [0.2, 0.25) is 0 Å². The predicted molar refractivity (Wildman–Crippen MR) is 87.9 cm³/mol. The molecule has 0 aliphatic carbocycles. The molecule has 0 aliphatic rings. The van der Waals surface area contributed by atoms with Crippen molar-refractivity contribution in [2.45, 2.75) is 33.7 Å². The lowest BCUT2D eigenvalue weighted by atomic mass is 9.95. The second-order valence-corrected chi connectivity index (χ2v) is 5.99. The Balaban J connectivity index is 2.31. The molecule has 0 saturated heterocycles. The maximum Gasteiger partial charge on any atom is 0.0208 e. The second-order valence-electron chi connectivity index (χ2n) is 5.99. The monoisotopic (exact) mass is 267 g/mol. The Kier molecular flexibility index (Phi) is 4.97. The van der Waals surface area contributed by atoms with Crippen LogP contribution in [0, 0.1) is 12.8 Å². The fraction of sp³-hybridized carbons (Fsp3) is 0.368. The highest BCUT2D eigenvalue weighted by molar-refractivity contribution is 5.68. The first-order valence-corrected chi connectivity index (χ1v) is 7.43. The average molecular weight is 267 g/mol. The molecule has 0 heterocycles. The summed E-state index contributed by atoms with van der Waals surface area (Å²) in [7, 11) is 2.00. The molecule has 0 amide bonds. The summed E-state index contributed by atoms with van der Waals surface area (Å²) in [5, 5.41) is 3.26. The minimum absolute atomic E-state index is 0.708. The van der Waals surface area contributed by atoms with Crippen molar-refractivity contribution < 1.29 is 0 Å². The van der Waals surface area contributed by atoms with E-state index < -0.39 is 0 Å². The van der Waals surface area contributed by atoms with Gasteiger partial charge in [-0.25, -0.2) is 0 Å². The number of benzene rings is 2. The third-order valence-corrected chi connectivity index (χ3v) is 3.54. The van der Waals surface area contributed by atoms with Crippen LogP contribution < -0.4 is 5.32 Å². The van der Waals surface area contributed by atoms with Crippen molar-refractivity contribution in [3.8, 4) is 11.1 Å². The Labute approximate surface area is 123 Å². The lowest BCUT2D eigenvalue weighted by Gasteiger charge is -2.12. The number of nitrogens with one attached hydrogen (secondary N) is 1. The standard InChI is InChI=1S/C19H25N/c1-14(2)11-16-6-8-17(9-7-16)19-10-5-15(3)12-18(19)13-20-4/h5-10,12,14,20H,11,13H2,1-4H3. The molecule has 0 aliphatic heterocycles. The van der Waals surface area contributed by atoms with Crippen LogP contribution in [-0.2, 0) is 13.0 Å². The summed E-state index contributed by atoms with van der Waals surface area (Å²) >= 11 is 0. The SMILES string of the molecule is CNCc1cc(C)ccc1-c1ccc(CC(C)C)cc1. The Morgan fingerprint density at radius 1 is 1.00 bits per heavy atom. The van der Waals surface area contributed by atoms with E-state index in [4.69, 9.17) is 0 Å². The van der Waals surface area contributed by atoms with Crippen molar-refractivity contribution in [1.82, 2.24) is 5.32 Å². The van der Waals surface area contributed by atoms with Crippen molar-refractivity contribution in [3.05, 3.63) is 59.2 Å². The van der Waals surface area contributed by atoms with E-state index in [1.54, 1.807) is 0 Å². The molecule has 2 rings (SSSR count). The Morgan fingerprint density at radius 3 is 2.30 bits per heavy atom. The molecule has 1 N–H and O–H groups in total.